The van der Waals surface area contributed by atoms with E-state index in [1.807, 2.05) is 17.7 Å². The van der Waals surface area contributed by atoms with E-state index in [0.29, 0.717) is 11.4 Å². The summed E-state index contributed by atoms with van der Waals surface area (Å²) in [6.07, 6.45) is 5.81. The monoisotopic (exact) mass is 283 g/mol. The van der Waals surface area contributed by atoms with Crippen molar-refractivity contribution >= 4 is 28.8 Å². The molecule has 104 valence electrons. The van der Waals surface area contributed by atoms with Gasteiger partial charge < -0.3 is 14.4 Å². The number of aliphatic imine (C=N–C) groups is 1. The number of rotatable bonds is 5. The lowest BCUT2D eigenvalue weighted by molar-refractivity contribution is -0.0213. The van der Waals surface area contributed by atoms with Crippen LogP contribution in [0.2, 0.25) is 0 Å². The van der Waals surface area contributed by atoms with E-state index in [2.05, 4.69) is 4.99 Å². The highest BCUT2D eigenvalue weighted by Crippen LogP contribution is 2.34. The van der Waals surface area contributed by atoms with Gasteiger partial charge in [0.15, 0.2) is 0 Å². The molecule has 1 fully saturated rings. The van der Waals surface area contributed by atoms with E-state index in [4.69, 9.17) is 26.9 Å². The van der Waals surface area contributed by atoms with Crippen molar-refractivity contribution < 1.29 is 9.84 Å². The fourth-order valence-electron chi connectivity index (χ4n) is 2.18. The SMILES string of the molecule is CCC=Nc1c(C(=N)Cl)ccn1C1CCC(CO)O1. The molecular formula is C13H18ClN3O2. The number of aromatic nitrogens is 1. The molecule has 1 aliphatic heterocycles. The first-order valence-corrected chi connectivity index (χ1v) is 6.79. The average molecular weight is 284 g/mol. The van der Waals surface area contributed by atoms with Crippen LogP contribution in [0.3, 0.4) is 0 Å². The Balaban J connectivity index is 2.30. The van der Waals surface area contributed by atoms with Crippen LogP contribution in [0.1, 0.15) is 38.0 Å². The fraction of sp³-hybridized carbons (Fsp3) is 0.538. The van der Waals surface area contributed by atoms with Gasteiger partial charge in [-0.3, -0.25) is 5.41 Å². The summed E-state index contributed by atoms with van der Waals surface area (Å²) in [6.45, 7) is 2.03. The van der Waals surface area contributed by atoms with Gasteiger partial charge in [0.2, 0.25) is 0 Å². The average Bonchev–Trinajstić information content (AvgIpc) is 3.01. The Kier molecular flexibility index (Phi) is 4.74. The smallest absolute Gasteiger partial charge is 0.144 e. The van der Waals surface area contributed by atoms with E-state index in [0.717, 1.165) is 19.3 Å². The van der Waals surface area contributed by atoms with Crippen LogP contribution in [0.4, 0.5) is 5.82 Å². The first-order chi connectivity index (χ1) is 9.17. The summed E-state index contributed by atoms with van der Waals surface area (Å²) in [5.41, 5.74) is 0.599. The molecule has 2 atom stereocenters. The maximum Gasteiger partial charge on any atom is 0.144 e. The van der Waals surface area contributed by atoms with Crippen LogP contribution >= 0.6 is 11.6 Å². The third-order valence-corrected chi connectivity index (χ3v) is 3.32. The predicted octanol–water partition coefficient (Wildman–Crippen LogP) is 2.83. The highest BCUT2D eigenvalue weighted by atomic mass is 35.5. The number of nitrogens with zero attached hydrogens (tertiary/aromatic N) is 2. The molecule has 0 aliphatic carbocycles. The van der Waals surface area contributed by atoms with Gasteiger partial charge in [-0.05, 0) is 25.3 Å². The molecular weight excluding hydrogens is 266 g/mol. The second-order valence-corrected chi connectivity index (χ2v) is 4.84. The van der Waals surface area contributed by atoms with Crippen molar-refractivity contribution in [3.63, 3.8) is 0 Å². The molecule has 0 radical (unpaired) electrons. The van der Waals surface area contributed by atoms with E-state index in [1.54, 1.807) is 12.3 Å². The molecule has 1 saturated heterocycles. The van der Waals surface area contributed by atoms with Crippen LogP contribution in [-0.4, -0.2) is 33.8 Å². The fourth-order valence-corrected chi connectivity index (χ4v) is 2.33. The van der Waals surface area contributed by atoms with E-state index < -0.39 is 0 Å². The molecule has 19 heavy (non-hydrogen) atoms. The zero-order valence-electron chi connectivity index (χ0n) is 10.8. The van der Waals surface area contributed by atoms with Crippen molar-refractivity contribution in [1.29, 1.82) is 5.41 Å². The van der Waals surface area contributed by atoms with Crippen LogP contribution in [-0.2, 0) is 4.74 Å². The van der Waals surface area contributed by atoms with Gasteiger partial charge in [-0.15, -0.1) is 0 Å². The molecule has 2 unspecified atom stereocenters. The number of hydrogen-bond acceptors (Lipinski definition) is 4. The van der Waals surface area contributed by atoms with Gasteiger partial charge >= 0.3 is 0 Å². The highest BCUT2D eigenvalue weighted by molar-refractivity contribution is 6.69. The van der Waals surface area contributed by atoms with Crippen LogP contribution in [0, 0.1) is 5.41 Å². The third-order valence-electron chi connectivity index (χ3n) is 3.12. The first kappa shape index (κ1) is 14.2. The standard InChI is InChI=1S/C13H18ClN3O2/c1-2-6-16-13-10(12(14)15)5-7-17(13)11-4-3-9(8-18)19-11/h5-7,9,11,15,18H,2-4,8H2,1H3. The van der Waals surface area contributed by atoms with Crippen LogP contribution in [0.5, 0.6) is 0 Å². The second kappa shape index (κ2) is 6.32. The maximum absolute atomic E-state index is 9.12. The Morgan fingerprint density at radius 3 is 3.05 bits per heavy atom. The van der Waals surface area contributed by atoms with E-state index in [9.17, 15) is 0 Å². The van der Waals surface area contributed by atoms with E-state index >= 15 is 0 Å². The van der Waals surface area contributed by atoms with Crippen molar-refractivity contribution in [3.05, 3.63) is 17.8 Å². The third kappa shape index (κ3) is 3.05. The van der Waals surface area contributed by atoms with Gasteiger partial charge in [0.05, 0.1) is 18.3 Å². The molecule has 1 aromatic heterocycles. The van der Waals surface area contributed by atoms with E-state index in [1.165, 1.54) is 0 Å². The van der Waals surface area contributed by atoms with Crippen molar-refractivity contribution in [2.45, 2.75) is 38.5 Å². The van der Waals surface area contributed by atoms with Crippen molar-refractivity contribution in [3.8, 4) is 0 Å². The van der Waals surface area contributed by atoms with Crippen molar-refractivity contribution in [2.75, 3.05) is 6.61 Å². The van der Waals surface area contributed by atoms with Gasteiger partial charge in [-0.2, -0.15) is 0 Å². The second-order valence-electron chi connectivity index (χ2n) is 4.47. The van der Waals surface area contributed by atoms with E-state index in [-0.39, 0.29) is 24.1 Å². The molecule has 5 nitrogen and oxygen atoms in total. The largest absolute Gasteiger partial charge is 0.394 e. The Morgan fingerprint density at radius 1 is 1.68 bits per heavy atom. The number of ether oxygens (including phenoxy) is 1. The minimum Gasteiger partial charge on any atom is -0.394 e. The summed E-state index contributed by atoms with van der Waals surface area (Å²) in [6, 6.07) is 1.77. The van der Waals surface area contributed by atoms with Gasteiger partial charge in [-0.1, -0.05) is 18.5 Å². The van der Waals surface area contributed by atoms with Gasteiger partial charge in [-0.25, -0.2) is 4.99 Å². The molecule has 0 spiro atoms. The molecule has 1 aromatic rings. The minimum atomic E-state index is -0.147. The molecule has 2 rings (SSSR count). The highest BCUT2D eigenvalue weighted by Gasteiger charge is 2.28. The Bertz CT molecular complexity index is 484. The summed E-state index contributed by atoms with van der Waals surface area (Å²) < 4.78 is 7.62. The van der Waals surface area contributed by atoms with Gasteiger partial charge in [0, 0.05) is 12.4 Å². The summed E-state index contributed by atoms with van der Waals surface area (Å²) in [5.74, 6) is 0.644. The molecule has 1 aliphatic rings. The summed E-state index contributed by atoms with van der Waals surface area (Å²) in [4.78, 5) is 4.37. The Morgan fingerprint density at radius 2 is 2.47 bits per heavy atom. The predicted molar refractivity (Wildman–Crippen MR) is 75.8 cm³/mol. The summed E-state index contributed by atoms with van der Waals surface area (Å²) in [5, 5.41) is 16.7. The number of nitrogens with one attached hydrogen (secondary N) is 1. The molecule has 2 N–H and O–H groups in total. The Hall–Kier alpha value is -1.17. The van der Waals surface area contributed by atoms with Crippen LogP contribution in [0.15, 0.2) is 17.3 Å². The van der Waals surface area contributed by atoms with Crippen molar-refractivity contribution in [2.24, 2.45) is 4.99 Å². The van der Waals surface area contributed by atoms with Crippen LogP contribution in [0.25, 0.3) is 0 Å². The lowest BCUT2D eigenvalue weighted by Gasteiger charge is -2.16. The van der Waals surface area contributed by atoms with Gasteiger partial charge in [0.1, 0.15) is 17.2 Å². The van der Waals surface area contributed by atoms with Gasteiger partial charge in [0.25, 0.3) is 0 Å². The molecule has 0 saturated carbocycles. The quantitative estimate of drug-likeness (QED) is 0.816. The molecule has 6 heteroatoms. The number of hydrogen-bond donors (Lipinski definition) is 2. The van der Waals surface area contributed by atoms with Crippen molar-refractivity contribution in [1.82, 2.24) is 4.57 Å². The molecule has 0 aromatic carbocycles. The lowest BCUT2D eigenvalue weighted by Crippen LogP contribution is -2.13. The Labute approximate surface area is 117 Å². The topological polar surface area (TPSA) is 70.6 Å². The number of halogens is 1. The maximum atomic E-state index is 9.12. The molecule has 2 heterocycles. The molecule has 0 amide bonds. The molecule has 0 bridgehead atoms. The number of aliphatic hydroxyl groups is 1. The first-order valence-electron chi connectivity index (χ1n) is 6.41. The van der Waals surface area contributed by atoms with Crippen LogP contribution < -0.4 is 0 Å². The lowest BCUT2D eigenvalue weighted by atomic mass is 10.2. The zero-order chi connectivity index (χ0) is 13.8. The number of aliphatic hydroxyl groups excluding tert-OH is 1. The zero-order valence-corrected chi connectivity index (χ0v) is 11.6. The summed E-state index contributed by atoms with van der Waals surface area (Å²) >= 11 is 5.78. The minimum absolute atomic E-state index is 0.0290. The normalized spacial score (nSPS) is 23.3. The summed E-state index contributed by atoms with van der Waals surface area (Å²) in [7, 11) is 0.